The second kappa shape index (κ2) is 4.86. The molecule has 2 rings (SSSR count). The Kier molecular flexibility index (Phi) is 3.67. The zero-order valence-electron chi connectivity index (χ0n) is 9.54. The van der Waals surface area contributed by atoms with Crippen molar-refractivity contribution < 1.29 is 5.11 Å². The van der Waals surface area contributed by atoms with Gasteiger partial charge in [0, 0.05) is 16.9 Å². The third-order valence-electron chi connectivity index (χ3n) is 3.26. The first-order valence-electron chi connectivity index (χ1n) is 5.78. The van der Waals surface area contributed by atoms with E-state index in [-0.39, 0.29) is 6.04 Å². The van der Waals surface area contributed by atoms with E-state index in [1.54, 1.807) is 0 Å². The van der Waals surface area contributed by atoms with Crippen molar-refractivity contribution in [3.8, 4) is 0 Å². The molecule has 0 aliphatic carbocycles. The van der Waals surface area contributed by atoms with Crippen LogP contribution in [0, 0.1) is 0 Å². The van der Waals surface area contributed by atoms with Crippen LogP contribution in [0.3, 0.4) is 0 Å². The van der Waals surface area contributed by atoms with E-state index >= 15 is 0 Å². The fourth-order valence-corrected chi connectivity index (χ4v) is 2.85. The summed E-state index contributed by atoms with van der Waals surface area (Å²) in [7, 11) is 0. The van der Waals surface area contributed by atoms with Gasteiger partial charge in [-0.15, -0.1) is 0 Å². The number of halogens is 1. The summed E-state index contributed by atoms with van der Waals surface area (Å²) in [4.78, 5) is 0. The lowest BCUT2D eigenvalue weighted by Gasteiger charge is -2.30. The third-order valence-corrected chi connectivity index (χ3v) is 3.76. The van der Waals surface area contributed by atoms with Gasteiger partial charge in [-0.2, -0.15) is 0 Å². The van der Waals surface area contributed by atoms with Crippen LogP contribution in [0.5, 0.6) is 0 Å². The van der Waals surface area contributed by atoms with Crippen LogP contribution in [0.25, 0.3) is 0 Å². The van der Waals surface area contributed by atoms with Crippen LogP contribution in [-0.4, -0.2) is 23.3 Å². The molecular formula is C13H18BrNO. The summed E-state index contributed by atoms with van der Waals surface area (Å²) in [5, 5.41) is 13.9. The van der Waals surface area contributed by atoms with Gasteiger partial charge in [0.15, 0.2) is 0 Å². The van der Waals surface area contributed by atoms with Gasteiger partial charge < -0.3 is 10.4 Å². The molecular weight excluding hydrogens is 266 g/mol. The molecule has 2 N–H and O–H groups in total. The Balaban J connectivity index is 2.07. The first kappa shape index (κ1) is 12.1. The van der Waals surface area contributed by atoms with E-state index in [2.05, 4.69) is 33.4 Å². The highest BCUT2D eigenvalue weighted by atomic mass is 79.9. The molecule has 2 atom stereocenters. The van der Waals surface area contributed by atoms with Crippen LogP contribution in [0.2, 0.25) is 0 Å². The van der Waals surface area contributed by atoms with Crippen LogP contribution in [0.15, 0.2) is 28.7 Å². The quantitative estimate of drug-likeness (QED) is 0.894. The fraction of sp³-hybridized carbons (Fsp3) is 0.538. The van der Waals surface area contributed by atoms with Crippen molar-refractivity contribution in [1.29, 1.82) is 0 Å². The minimum Gasteiger partial charge on any atom is -0.388 e. The summed E-state index contributed by atoms with van der Waals surface area (Å²) < 4.78 is 1.07. The molecule has 2 unspecified atom stereocenters. The zero-order chi connectivity index (χ0) is 11.6. The summed E-state index contributed by atoms with van der Waals surface area (Å²) in [6.45, 7) is 2.95. The first-order valence-corrected chi connectivity index (χ1v) is 6.57. The molecule has 1 saturated heterocycles. The lowest BCUT2D eigenvalue weighted by molar-refractivity contribution is 0.0262. The Morgan fingerprint density at radius 2 is 2.38 bits per heavy atom. The summed E-state index contributed by atoms with van der Waals surface area (Å²) in [5.74, 6) is 0. The van der Waals surface area contributed by atoms with Crippen molar-refractivity contribution >= 4 is 15.9 Å². The van der Waals surface area contributed by atoms with Gasteiger partial charge in [0.05, 0.1) is 5.60 Å². The van der Waals surface area contributed by atoms with Crippen molar-refractivity contribution in [2.45, 2.75) is 37.8 Å². The molecule has 1 aromatic rings. The van der Waals surface area contributed by atoms with E-state index in [9.17, 15) is 5.11 Å². The van der Waals surface area contributed by atoms with Crippen molar-refractivity contribution in [1.82, 2.24) is 5.32 Å². The average molecular weight is 284 g/mol. The standard InChI is InChI=1S/C13H18BrNO/c1-13(16,12-6-3-7-15-12)9-10-4-2-5-11(14)8-10/h2,4-5,8,12,15-16H,3,6-7,9H2,1H3. The van der Waals surface area contributed by atoms with E-state index < -0.39 is 5.60 Å². The number of hydrogen-bond acceptors (Lipinski definition) is 2. The Morgan fingerprint density at radius 3 is 3.00 bits per heavy atom. The van der Waals surface area contributed by atoms with Crippen LogP contribution >= 0.6 is 15.9 Å². The monoisotopic (exact) mass is 283 g/mol. The minimum absolute atomic E-state index is 0.228. The first-order chi connectivity index (χ1) is 7.58. The molecule has 1 heterocycles. The number of rotatable bonds is 3. The maximum absolute atomic E-state index is 10.5. The van der Waals surface area contributed by atoms with Crippen LogP contribution < -0.4 is 5.32 Å². The molecule has 16 heavy (non-hydrogen) atoms. The molecule has 0 saturated carbocycles. The van der Waals surface area contributed by atoms with Crippen molar-refractivity contribution in [3.05, 3.63) is 34.3 Å². The van der Waals surface area contributed by atoms with Crippen LogP contribution in [-0.2, 0) is 6.42 Å². The zero-order valence-corrected chi connectivity index (χ0v) is 11.1. The Hall–Kier alpha value is -0.380. The van der Waals surface area contributed by atoms with Gasteiger partial charge in [-0.1, -0.05) is 28.1 Å². The lowest BCUT2D eigenvalue weighted by atomic mass is 9.88. The normalized spacial score (nSPS) is 24.3. The third kappa shape index (κ3) is 2.84. The molecule has 0 radical (unpaired) electrons. The van der Waals surface area contributed by atoms with E-state index in [0.29, 0.717) is 6.42 Å². The van der Waals surface area contributed by atoms with Gasteiger partial charge in [0.1, 0.15) is 0 Å². The summed E-state index contributed by atoms with van der Waals surface area (Å²) in [6, 6.07) is 8.38. The van der Waals surface area contributed by atoms with Gasteiger partial charge in [-0.05, 0) is 44.0 Å². The van der Waals surface area contributed by atoms with Crippen LogP contribution in [0.4, 0.5) is 0 Å². The van der Waals surface area contributed by atoms with Gasteiger partial charge in [-0.3, -0.25) is 0 Å². The van der Waals surface area contributed by atoms with Crippen molar-refractivity contribution in [2.24, 2.45) is 0 Å². The molecule has 0 amide bonds. The van der Waals surface area contributed by atoms with E-state index in [4.69, 9.17) is 0 Å². The van der Waals surface area contributed by atoms with Gasteiger partial charge in [-0.25, -0.2) is 0 Å². The Bertz CT molecular complexity index is 359. The largest absolute Gasteiger partial charge is 0.388 e. The number of aliphatic hydroxyl groups is 1. The van der Waals surface area contributed by atoms with E-state index in [1.807, 2.05) is 19.1 Å². The molecule has 1 aromatic carbocycles. The molecule has 88 valence electrons. The highest BCUT2D eigenvalue weighted by Crippen LogP contribution is 2.24. The molecule has 0 aromatic heterocycles. The molecule has 1 fully saturated rings. The van der Waals surface area contributed by atoms with Gasteiger partial charge in [0.2, 0.25) is 0 Å². The summed E-state index contributed by atoms with van der Waals surface area (Å²) in [6.07, 6.45) is 2.93. The number of hydrogen-bond donors (Lipinski definition) is 2. The summed E-state index contributed by atoms with van der Waals surface area (Å²) >= 11 is 3.46. The molecule has 1 aliphatic rings. The second-order valence-electron chi connectivity index (χ2n) is 4.81. The SMILES string of the molecule is CC(O)(Cc1cccc(Br)c1)C1CCCN1. The van der Waals surface area contributed by atoms with Crippen LogP contribution in [0.1, 0.15) is 25.3 Å². The Morgan fingerprint density at radius 1 is 1.56 bits per heavy atom. The molecule has 3 heteroatoms. The highest BCUT2D eigenvalue weighted by Gasteiger charge is 2.33. The maximum Gasteiger partial charge on any atom is 0.0812 e. The lowest BCUT2D eigenvalue weighted by Crippen LogP contribution is -2.46. The smallest absolute Gasteiger partial charge is 0.0812 e. The van der Waals surface area contributed by atoms with Crippen molar-refractivity contribution in [2.75, 3.05) is 6.54 Å². The number of benzene rings is 1. The molecule has 2 nitrogen and oxygen atoms in total. The van der Waals surface area contributed by atoms with E-state index in [0.717, 1.165) is 17.4 Å². The predicted octanol–water partition coefficient (Wildman–Crippen LogP) is 2.49. The van der Waals surface area contributed by atoms with Gasteiger partial charge in [0.25, 0.3) is 0 Å². The maximum atomic E-state index is 10.5. The second-order valence-corrected chi connectivity index (χ2v) is 5.73. The Labute approximate surface area is 105 Å². The predicted molar refractivity (Wildman–Crippen MR) is 69.5 cm³/mol. The molecule has 0 bridgehead atoms. The average Bonchev–Trinajstić information content (AvgIpc) is 2.69. The topological polar surface area (TPSA) is 32.3 Å². The molecule has 0 spiro atoms. The number of nitrogens with one attached hydrogen (secondary N) is 1. The molecule has 1 aliphatic heterocycles. The fourth-order valence-electron chi connectivity index (χ4n) is 2.40. The minimum atomic E-state index is -0.655. The van der Waals surface area contributed by atoms with Gasteiger partial charge >= 0.3 is 0 Å². The van der Waals surface area contributed by atoms with Crippen molar-refractivity contribution in [3.63, 3.8) is 0 Å². The highest BCUT2D eigenvalue weighted by molar-refractivity contribution is 9.10. The summed E-state index contributed by atoms with van der Waals surface area (Å²) in [5.41, 5.74) is 0.519. The van der Waals surface area contributed by atoms with E-state index in [1.165, 1.54) is 12.0 Å².